The van der Waals surface area contributed by atoms with Crippen molar-refractivity contribution in [2.45, 2.75) is 31.1 Å². The first kappa shape index (κ1) is 18.4. The topological polar surface area (TPSA) is 125 Å². The molecule has 1 saturated heterocycles. The van der Waals surface area contributed by atoms with E-state index >= 15 is 0 Å². The predicted octanol–water partition coefficient (Wildman–Crippen LogP) is 1.04. The third-order valence-corrected chi connectivity index (χ3v) is 6.12. The van der Waals surface area contributed by atoms with Crippen molar-refractivity contribution in [2.75, 3.05) is 13.1 Å². The second-order valence-electron chi connectivity index (χ2n) is 7.89. The first-order valence-electron chi connectivity index (χ1n) is 9.93. The van der Waals surface area contributed by atoms with E-state index < -0.39 is 5.56 Å². The van der Waals surface area contributed by atoms with E-state index in [0.717, 1.165) is 30.5 Å². The lowest BCUT2D eigenvalue weighted by atomic mass is 9.77. The van der Waals surface area contributed by atoms with Crippen molar-refractivity contribution < 1.29 is 4.79 Å². The van der Waals surface area contributed by atoms with Crippen molar-refractivity contribution in [2.24, 2.45) is 0 Å². The number of carbonyl (C=O) groups excluding carboxylic acids is 1. The molecule has 0 bridgehead atoms. The van der Waals surface area contributed by atoms with Crippen LogP contribution >= 0.6 is 0 Å². The molecule has 1 aliphatic heterocycles. The fourth-order valence-electron chi connectivity index (χ4n) is 4.66. The molecule has 3 aromatic rings. The quantitative estimate of drug-likeness (QED) is 0.657. The lowest BCUT2D eigenvalue weighted by molar-refractivity contribution is 0.0631. The van der Waals surface area contributed by atoms with Crippen molar-refractivity contribution in [3.05, 3.63) is 74.6 Å². The molecule has 4 heterocycles. The van der Waals surface area contributed by atoms with Gasteiger partial charge in [0.1, 0.15) is 11.4 Å². The number of aromatic amines is 2. The molecule has 3 aromatic heterocycles. The molecule has 1 spiro atoms. The molecule has 30 heavy (non-hydrogen) atoms. The molecule has 152 valence electrons. The maximum Gasteiger partial charge on any atom is 0.263 e. The number of hydrogen-bond acceptors (Lipinski definition) is 6. The van der Waals surface area contributed by atoms with Gasteiger partial charge in [-0.2, -0.15) is 0 Å². The maximum atomic E-state index is 13.0. The zero-order valence-electron chi connectivity index (χ0n) is 16.2. The molecule has 0 radical (unpaired) electrons. The van der Waals surface area contributed by atoms with Gasteiger partial charge in [-0.25, -0.2) is 9.97 Å². The molecule has 5 rings (SSSR count). The number of fused-ring (bicyclic) bond motifs is 2. The highest BCUT2D eigenvalue weighted by atomic mass is 16.2. The van der Waals surface area contributed by atoms with E-state index in [1.807, 2.05) is 6.07 Å². The number of nitrogens with one attached hydrogen (secondary N) is 2. The van der Waals surface area contributed by atoms with Crippen LogP contribution in [-0.4, -0.2) is 48.8 Å². The minimum atomic E-state index is -0.449. The van der Waals surface area contributed by atoms with Crippen LogP contribution in [0.4, 0.5) is 0 Å². The van der Waals surface area contributed by atoms with E-state index in [9.17, 15) is 14.4 Å². The number of hydrogen-bond donors (Lipinski definition) is 2. The summed E-state index contributed by atoms with van der Waals surface area (Å²) in [7, 11) is 0. The van der Waals surface area contributed by atoms with Crippen molar-refractivity contribution in [1.29, 1.82) is 0 Å². The number of nitrogens with zero attached hydrogens (tertiary/aromatic N) is 4. The van der Waals surface area contributed by atoms with Gasteiger partial charge < -0.3 is 14.9 Å². The van der Waals surface area contributed by atoms with Gasteiger partial charge in [-0.3, -0.25) is 19.4 Å². The molecule has 1 fully saturated rings. The second-order valence-corrected chi connectivity index (χ2v) is 7.89. The van der Waals surface area contributed by atoms with Gasteiger partial charge in [0, 0.05) is 48.2 Å². The molecule has 1 aliphatic carbocycles. The summed E-state index contributed by atoms with van der Waals surface area (Å²) < 4.78 is 0. The van der Waals surface area contributed by atoms with Crippen LogP contribution in [0.15, 0.2) is 46.6 Å². The standard InChI is InChI=1S/C21H20N6O3/c28-18-15(10-23-12-24-18)20(30)27-8-2-5-21(11-27)6-4-14-16(21)25-17(26-19(14)29)13-3-1-7-22-9-13/h1,3,7,9-10,12H,2,4-6,8,11H2,(H,23,24,28)(H,25,26,29). The van der Waals surface area contributed by atoms with Gasteiger partial charge >= 0.3 is 0 Å². The number of piperidine rings is 1. The van der Waals surface area contributed by atoms with E-state index in [0.29, 0.717) is 30.9 Å². The Balaban J connectivity index is 1.53. The smallest absolute Gasteiger partial charge is 0.263 e. The molecule has 0 saturated carbocycles. The molecule has 1 atom stereocenters. The third kappa shape index (κ3) is 2.94. The van der Waals surface area contributed by atoms with E-state index in [4.69, 9.17) is 4.98 Å². The largest absolute Gasteiger partial charge is 0.337 e. The molecule has 1 amide bonds. The van der Waals surface area contributed by atoms with Gasteiger partial charge in [0.2, 0.25) is 0 Å². The molecule has 9 heteroatoms. The van der Waals surface area contributed by atoms with Crippen LogP contribution in [0.1, 0.15) is 40.9 Å². The normalized spacial score (nSPS) is 20.3. The zero-order valence-corrected chi connectivity index (χ0v) is 16.2. The van der Waals surface area contributed by atoms with Crippen LogP contribution in [0.5, 0.6) is 0 Å². The fourth-order valence-corrected chi connectivity index (χ4v) is 4.66. The van der Waals surface area contributed by atoms with Crippen LogP contribution in [-0.2, 0) is 11.8 Å². The molecular weight excluding hydrogens is 384 g/mol. The Labute approximate surface area is 171 Å². The van der Waals surface area contributed by atoms with Gasteiger partial charge in [0.15, 0.2) is 0 Å². The van der Waals surface area contributed by atoms with E-state index in [2.05, 4.69) is 19.9 Å². The van der Waals surface area contributed by atoms with Gasteiger partial charge in [-0.15, -0.1) is 0 Å². The van der Waals surface area contributed by atoms with Gasteiger partial charge in [-0.1, -0.05) is 0 Å². The first-order valence-corrected chi connectivity index (χ1v) is 9.93. The van der Waals surface area contributed by atoms with Crippen molar-refractivity contribution in [3.8, 4) is 11.4 Å². The Kier molecular flexibility index (Phi) is 4.30. The van der Waals surface area contributed by atoms with E-state index in [-0.39, 0.29) is 22.4 Å². The molecule has 2 aliphatic rings. The Morgan fingerprint density at radius 2 is 2.03 bits per heavy atom. The molecular formula is C21H20N6O3. The highest BCUT2D eigenvalue weighted by molar-refractivity contribution is 5.93. The number of pyridine rings is 1. The van der Waals surface area contributed by atoms with Crippen LogP contribution in [0, 0.1) is 0 Å². The summed E-state index contributed by atoms with van der Waals surface area (Å²) in [6.45, 7) is 0.985. The molecule has 2 N–H and O–H groups in total. The average Bonchev–Trinajstić information content (AvgIpc) is 3.12. The lowest BCUT2D eigenvalue weighted by Gasteiger charge is -2.40. The average molecular weight is 404 g/mol. The molecule has 0 aromatic carbocycles. The summed E-state index contributed by atoms with van der Waals surface area (Å²) in [5.74, 6) is 0.148. The first-order chi connectivity index (χ1) is 14.6. The maximum absolute atomic E-state index is 13.0. The number of aromatic nitrogens is 5. The molecule has 1 unspecified atom stereocenters. The van der Waals surface area contributed by atoms with Crippen molar-refractivity contribution in [1.82, 2.24) is 29.8 Å². The van der Waals surface area contributed by atoms with Crippen molar-refractivity contribution in [3.63, 3.8) is 0 Å². The van der Waals surface area contributed by atoms with E-state index in [1.54, 1.807) is 23.4 Å². The SMILES string of the molecule is O=C(c1cnc[nH]c1=O)N1CCCC2(CCc3c2nc(-c2cccnc2)[nH]c3=O)C1. The van der Waals surface area contributed by atoms with Gasteiger partial charge in [0.25, 0.3) is 17.0 Å². The summed E-state index contributed by atoms with van der Waals surface area (Å²) in [4.78, 5) is 57.6. The van der Waals surface area contributed by atoms with E-state index in [1.165, 1.54) is 12.5 Å². The number of H-pyrrole nitrogens is 2. The Hall–Kier alpha value is -3.62. The zero-order chi connectivity index (χ0) is 20.7. The van der Waals surface area contributed by atoms with Crippen LogP contribution < -0.4 is 11.1 Å². The Morgan fingerprint density at radius 3 is 2.83 bits per heavy atom. The predicted molar refractivity (Wildman–Crippen MR) is 108 cm³/mol. The Bertz CT molecular complexity index is 1240. The van der Waals surface area contributed by atoms with Crippen LogP contribution in [0.3, 0.4) is 0 Å². The summed E-state index contributed by atoms with van der Waals surface area (Å²) in [5, 5.41) is 0. The summed E-state index contributed by atoms with van der Waals surface area (Å²) in [6.07, 6.45) is 8.90. The fraction of sp³-hybridized carbons (Fsp3) is 0.333. The minimum Gasteiger partial charge on any atom is -0.337 e. The van der Waals surface area contributed by atoms with Gasteiger partial charge in [-0.05, 0) is 37.8 Å². The summed E-state index contributed by atoms with van der Waals surface area (Å²) in [6, 6.07) is 3.65. The number of amides is 1. The minimum absolute atomic E-state index is 0.0303. The van der Waals surface area contributed by atoms with Crippen LogP contribution in [0.25, 0.3) is 11.4 Å². The Morgan fingerprint density at radius 1 is 1.13 bits per heavy atom. The summed E-state index contributed by atoms with van der Waals surface area (Å²) >= 11 is 0. The third-order valence-electron chi connectivity index (χ3n) is 6.12. The number of carbonyl (C=O) groups is 1. The summed E-state index contributed by atoms with van der Waals surface area (Å²) in [5.41, 5.74) is 1.26. The second kappa shape index (κ2) is 7.01. The highest BCUT2D eigenvalue weighted by Crippen LogP contribution is 2.43. The van der Waals surface area contributed by atoms with Crippen LogP contribution in [0.2, 0.25) is 0 Å². The number of likely N-dealkylation sites (tertiary alicyclic amines) is 1. The lowest BCUT2D eigenvalue weighted by Crippen LogP contribution is -2.49. The van der Waals surface area contributed by atoms with Crippen molar-refractivity contribution >= 4 is 5.91 Å². The molecule has 9 nitrogen and oxygen atoms in total. The van der Waals surface area contributed by atoms with Gasteiger partial charge in [0.05, 0.1) is 12.0 Å². The number of rotatable bonds is 2. The monoisotopic (exact) mass is 404 g/mol. The highest BCUT2D eigenvalue weighted by Gasteiger charge is 2.46.